The van der Waals surface area contributed by atoms with Gasteiger partial charge in [0.2, 0.25) is 0 Å². The van der Waals surface area contributed by atoms with E-state index in [-0.39, 0.29) is 22.3 Å². The van der Waals surface area contributed by atoms with Crippen LogP contribution < -0.4 is 10.1 Å². The molecule has 9 nitrogen and oxygen atoms in total. The third-order valence-corrected chi connectivity index (χ3v) is 3.68. The van der Waals surface area contributed by atoms with Crippen LogP contribution in [0, 0.1) is 20.2 Å². The molecule has 0 amide bonds. The number of rotatable bonds is 6. The number of benzene rings is 2. The molecule has 3 rings (SSSR count). The van der Waals surface area contributed by atoms with E-state index in [1.165, 1.54) is 12.3 Å². The van der Waals surface area contributed by atoms with Crippen LogP contribution in [0.2, 0.25) is 0 Å². The molecule has 26 heavy (non-hydrogen) atoms. The van der Waals surface area contributed by atoms with Crippen LogP contribution in [0.3, 0.4) is 0 Å². The topological polar surface area (TPSA) is 120 Å². The SMILES string of the molecule is CCOc1ccc(Nc2c([N+](=O)[O-])cc([N+](=O)[O-])c3cccnc23)cc1. The quantitative estimate of drug-likeness (QED) is 0.520. The average Bonchev–Trinajstić information content (AvgIpc) is 2.63. The minimum atomic E-state index is -0.669. The van der Waals surface area contributed by atoms with Crippen molar-refractivity contribution in [2.75, 3.05) is 11.9 Å². The van der Waals surface area contributed by atoms with Gasteiger partial charge in [-0.25, -0.2) is 0 Å². The Morgan fingerprint density at radius 3 is 2.38 bits per heavy atom. The number of pyridine rings is 1. The van der Waals surface area contributed by atoms with Gasteiger partial charge in [-0.3, -0.25) is 25.2 Å². The lowest BCUT2D eigenvalue weighted by Gasteiger charge is -2.11. The molecule has 0 aliphatic rings. The summed E-state index contributed by atoms with van der Waals surface area (Å²) < 4.78 is 5.36. The lowest BCUT2D eigenvalue weighted by atomic mass is 10.1. The van der Waals surface area contributed by atoms with E-state index in [1.54, 1.807) is 30.3 Å². The van der Waals surface area contributed by atoms with Crippen molar-refractivity contribution in [1.82, 2.24) is 4.98 Å². The summed E-state index contributed by atoms with van der Waals surface area (Å²) in [4.78, 5) is 25.5. The van der Waals surface area contributed by atoms with Gasteiger partial charge in [-0.1, -0.05) is 0 Å². The molecular formula is C17H14N4O5. The van der Waals surface area contributed by atoms with Gasteiger partial charge in [-0.15, -0.1) is 0 Å². The predicted molar refractivity (Wildman–Crippen MR) is 95.9 cm³/mol. The van der Waals surface area contributed by atoms with Crippen LogP contribution in [0.5, 0.6) is 5.75 Å². The third kappa shape index (κ3) is 3.22. The van der Waals surface area contributed by atoms with Gasteiger partial charge >= 0.3 is 5.69 Å². The Balaban J connectivity index is 2.14. The van der Waals surface area contributed by atoms with E-state index < -0.39 is 15.5 Å². The van der Waals surface area contributed by atoms with E-state index in [4.69, 9.17) is 4.74 Å². The van der Waals surface area contributed by atoms with Crippen molar-refractivity contribution in [3.8, 4) is 5.75 Å². The minimum Gasteiger partial charge on any atom is -0.494 e. The van der Waals surface area contributed by atoms with E-state index in [1.807, 2.05) is 6.92 Å². The summed E-state index contributed by atoms with van der Waals surface area (Å²) in [5, 5.41) is 25.9. The molecule has 0 saturated heterocycles. The molecule has 0 saturated carbocycles. The number of anilines is 2. The molecule has 0 unspecified atom stereocenters. The predicted octanol–water partition coefficient (Wildman–Crippen LogP) is 4.19. The Morgan fingerprint density at radius 2 is 1.77 bits per heavy atom. The molecule has 0 fully saturated rings. The Bertz CT molecular complexity index is 988. The first-order valence-electron chi connectivity index (χ1n) is 7.71. The van der Waals surface area contributed by atoms with Crippen LogP contribution in [0.1, 0.15) is 6.92 Å². The van der Waals surface area contributed by atoms with Crippen LogP contribution in [0.4, 0.5) is 22.7 Å². The molecule has 1 heterocycles. The zero-order valence-corrected chi connectivity index (χ0v) is 13.7. The van der Waals surface area contributed by atoms with Crippen molar-refractivity contribution in [1.29, 1.82) is 0 Å². The first-order chi connectivity index (χ1) is 12.5. The van der Waals surface area contributed by atoms with Crippen LogP contribution in [-0.4, -0.2) is 21.4 Å². The normalized spacial score (nSPS) is 10.5. The maximum absolute atomic E-state index is 11.5. The summed E-state index contributed by atoms with van der Waals surface area (Å²) in [6.45, 7) is 2.39. The van der Waals surface area contributed by atoms with E-state index in [9.17, 15) is 20.2 Å². The largest absolute Gasteiger partial charge is 0.494 e. The Hall–Kier alpha value is -3.75. The molecule has 1 N–H and O–H groups in total. The van der Waals surface area contributed by atoms with Gasteiger partial charge in [-0.05, 0) is 43.3 Å². The molecular weight excluding hydrogens is 340 g/mol. The number of hydrogen-bond acceptors (Lipinski definition) is 7. The van der Waals surface area contributed by atoms with Crippen molar-refractivity contribution in [3.63, 3.8) is 0 Å². The molecule has 132 valence electrons. The van der Waals surface area contributed by atoms with E-state index in [0.29, 0.717) is 18.0 Å². The fourth-order valence-electron chi connectivity index (χ4n) is 2.58. The highest BCUT2D eigenvalue weighted by Gasteiger charge is 2.26. The number of non-ortho nitro benzene ring substituents is 1. The molecule has 0 bridgehead atoms. The molecule has 3 aromatic rings. The number of nitro groups is 2. The first-order valence-corrected chi connectivity index (χ1v) is 7.71. The van der Waals surface area contributed by atoms with Gasteiger partial charge in [-0.2, -0.15) is 0 Å². The van der Waals surface area contributed by atoms with E-state index >= 15 is 0 Å². The lowest BCUT2D eigenvalue weighted by molar-refractivity contribution is -0.392. The second-order valence-electron chi connectivity index (χ2n) is 5.29. The zero-order valence-electron chi connectivity index (χ0n) is 13.7. The maximum atomic E-state index is 11.5. The highest BCUT2D eigenvalue weighted by atomic mass is 16.6. The number of aromatic nitrogens is 1. The first kappa shape index (κ1) is 17.1. The van der Waals surface area contributed by atoms with Crippen LogP contribution >= 0.6 is 0 Å². The lowest BCUT2D eigenvalue weighted by Crippen LogP contribution is -2.02. The molecule has 2 aromatic carbocycles. The van der Waals surface area contributed by atoms with Crippen LogP contribution in [0.15, 0.2) is 48.7 Å². The molecule has 0 radical (unpaired) electrons. The van der Waals surface area contributed by atoms with Gasteiger partial charge in [0, 0.05) is 11.9 Å². The van der Waals surface area contributed by atoms with Gasteiger partial charge < -0.3 is 10.1 Å². The van der Waals surface area contributed by atoms with E-state index in [0.717, 1.165) is 6.07 Å². The zero-order chi connectivity index (χ0) is 18.7. The highest BCUT2D eigenvalue weighted by Crippen LogP contribution is 2.39. The molecule has 1 aromatic heterocycles. The molecule has 0 aliphatic carbocycles. The monoisotopic (exact) mass is 354 g/mol. The summed E-state index contributed by atoms with van der Waals surface area (Å²) in [7, 11) is 0. The second-order valence-corrected chi connectivity index (χ2v) is 5.29. The van der Waals surface area contributed by atoms with E-state index in [2.05, 4.69) is 10.3 Å². The molecule has 0 atom stereocenters. The smallest absolute Gasteiger partial charge is 0.301 e. The second kappa shape index (κ2) is 7.01. The molecule has 9 heteroatoms. The fourth-order valence-corrected chi connectivity index (χ4v) is 2.58. The van der Waals surface area contributed by atoms with Gasteiger partial charge in [0.25, 0.3) is 5.69 Å². The number of hydrogen-bond donors (Lipinski definition) is 1. The summed E-state index contributed by atoms with van der Waals surface area (Å²) in [6, 6.07) is 10.8. The third-order valence-electron chi connectivity index (χ3n) is 3.68. The van der Waals surface area contributed by atoms with Gasteiger partial charge in [0.05, 0.1) is 27.9 Å². The maximum Gasteiger partial charge on any atom is 0.301 e. The number of fused-ring (bicyclic) bond motifs is 1. The Labute approximate surface area is 147 Å². The average molecular weight is 354 g/mol. The van der Waals surface area contributed by atoms with Crippen LogP contribution in [-0.2, 0) is 0 Å². The molecule has 0 aliphatic heterocycles. The summed E-state index contributed by atoms with van der Waals surface area (Å²) >= 11 is 0. The van der Waals surface area contributed by atoms with Crippen molar-refractivity contribution < 1.29 is 14.6 Å². The van der Waals surface area contributed by atoms with Gasteiger partial charge in [0.15, 0.2) is 0 Å². The Kier molecular flexibility index (Phi) is 4.61. The summed E-state index contributed by atoms with van der Waals surface area (Å²) in [5.74, 6) is 0.666. The molecule has 0 spiro atoms. The standard InChI is InChI=1S/C17H14N4O5/c1-2-26-12-7-5-11(6-8-12)19-17-15(21(24)25)10-14(20(22)23)13-4-3-9-18-16(13)17/h3-10,19H,2H2,1H3. The summed E-state index contributed by atoms with van der Waals surface area (Å²) in [6.07, 6.45) is 1.43. The number of ether oxygens (including phenoxy) is 1. The minimum absolute atomic E-state index is 0.0976. The van der Waals surface area contributed by atoms with Crippen molar-refractivity contribution in [2.24, 2.45) is 0 Å². The number of nitrogens with one attached hydrogen (secondary N) is 1. The number of nitrogens with zero attached hydrogens (tertiary/aromatic N) is 3. The fraction of sp³-hybridized carbons (Fsp3) is 0.118. The highest BCUT2D eigenvalue weighted by molar-refractivity contribution is 6.02. The van der Waals surface area contributed by atoms with Gasteiger partial charge in [0.1, 0.15) is 17.0 Å². The van der Waals surface area contributed by atoms with Crippen molar-refractivity contribution >= 4 is 33.7 Å². The van der Waals surface area contributed by atoms with Crippen molar-refractivity contribution in [3.05, 3.63) is 68.9 Å². The Morgan fingerprint density at radius 1 is 1.08 bits per heavy atom. The summed E-state index contributed by atoms with van der Waals surface area (Å²) in [5.41, 5.74) is 0.0360. The number of nitro benzene ring substituents is 2. The van der Waals surface area contributed by atoms with Crippen molar-refractivity contribution in [2.45, 2.75) is 6.92 Å². The van der Waals surface area contributed by atoms with Crippen LogP contribution in [0.25, 0.3) is 10.9 Å².